The minimum Gasteiger partial charge on any atom is -0.207 e. The van der Waals surface area contributed by atoms with Gasteiger partial charge in [-0.3, -0.25) is 0 Å². The number of sulfonamides is 1. The highest BCUT2D eigenvalue weighted by Gasteiger charge is 2.39. The number of hydrogen-bond acceptors (Lipinski definition) is 2. The third-order valence-corrected chi connectivity index (χ3v) is 7.47. The zero-order valence-corrected chi connectivity index (χ0v) is 14.6. The lowest BCUT2D eigenvalue weighted by Gasteiger charge is -2.29. The number of benzene rings is 1. The molecular formula is C16H22BrNO2S. The van der Waals surface area contributed by atoms with Gasteiger partial charge in [0.25, 0.3) is 0 Å². The van der Waals surface area contributed by atoms with Crippen LogP contribution in [0.25, 0.3) is 0 Å². The first-order valence-electron chi connectivity index (χ1n) is 7.85. The normalized spacial score (nSPS) is 20.9. The maximum Gasteiger partial charge on any atom is 0.244 e. The van der Waals surface area contributed by atoms with Crippen LogP contribution in [0.2, 0.25) is 0 Å². The molecule has 0 N–H and O–H groups in total. The maximum atomic E-state index is 13.0. The summed E-state index contributed by atoms with van der Waals surface area (Å²) in [4.78, 5) is 0.410. The van der Waals surface area contributed by atoms with Crippen molar-refractivity contribution in [3.8, 4) is 0 Å². The van der Waals surface area contributed by atoms with Crippen LogP contribution in [-0.2, 0) is 10.0 Å². The molecule has 0 saturated heterocycles. The first-order valence-corrected chi connectivity index (χ1v) is 10.1. The highest BCUT2D eigenvalue weighted by Crippen LogP contribution is 2.36. The lowest BCUT2D eigenvalue weighted by Crippen LogP contribution is -2.37. The van der Waals surface area contributed by atoms with Crippen molar-refractivity contribution in [2.75, 3.05) is 6.54 Å². The molecule has 0 aromatic heterocycles. The quantitative estimate of drug-likeness (QED) is 0.778. The van der Waals surface area contributed by atoms with E-state index in [4.69, 9.17) is 0 Å². The van der Waals surface area contributed by atoms with Crippen molar-refractivity contribution in [2.24, 2.45) is 5.92 Å². The zero-order valence-electron chi connectivity index (χ0n) is 12.2. The molecule has 0 bridgehead atoms. The van der Waals surface area contributed by atoms with Crippen LogP contribution in [0, 0.1) is 5.92 Å². The highest BCUT2D eigenvalue weighted by atomic mass is 79.9. The van der Waals surface area contributed by atoms with E-state index < -0.39 is 10.0 Å². The summed E-state index contributed by atoms with van der Waals surface area (Å²) in [5.41, 5.74) is 0. The van der Waals surface area contributed by atoms with Gasteiger partial charge in [-0.15, -0.1) is 0 Å². The van der Waals surface area contributed by atoms with Crippen LogP contribution in [0.5, 0.6) is 0 Å². The van der Waals surface area contributed by atoms with Gasteiger partial charge in [-0.2, -0.15) is 4.31 Å². The average molecular weight is 372 g/mol. The Morgan fingerprint density at radius 3 is 2.33 bits per heavy atom. The zero-order chi connectivity index (χ0) is 14.9. The molecular weight excluding hydrogens is 350 g/mol. The molecule has 0 radical (unpaired) electrons. The molecule has 3 rings (SSSR count). The third kappa shape index (κ3) is 3.51. The summed E-state index contributed by atoms with van der Waals surface area (Å²) in [6.07, 6.45) is 8.17. The summed E-state index contributed by atoms with van der Waals surface area (Å²) in [6, 6.07) is 7.38. The van der Waals surface area contributed by atoms with Gasteiger partial charge in [-0.05, 0) is 59.7 Å². The van der Waals surface area contributed by atoms with Gasteiger partial charge in [0.15, 0.2) is 0 Å². The Kier molecular flexibility index (Phi) is 4.71. The summed E-state index contributed by atoms with van der Waals surface area (Å²) >= 11 is 3.39. The van der Waals surface area contributed by atoms with E-state index >= 15 is 0 Å². The second-order valence-corrected chi connectivity index (χ2v) is 8.95. The summed E-state index contributed by atoms with van der Waals surface area (Å²) in [5, 5.41) is 0. The van der Waals surface area contributed by atoms with Crippen LogP contribution in [0.1, 0.15) is 44.9 Å². The van der Waals surface area contributed by atoms with Crippen molar-refractivity contribution in [3.63, 3.8) is 0 Å². The fourth-order valence-corrected chi connectivity index (χ4v) is 5.94. The molecule has 0 aliphatic heterocycles. The molecule has 1 aromatic rings. The van der Waals surface area contributed by atoms with Gasteiger partial charge in [0, 0.05) is 17.1 Å². The Morgan fingerprint density at radius 2 is 1.71 bits per heavy atom. The summed E-state index contributed by atoms with van der Waals surface area (Å²) in [7, 11) is -3.38. The SMILES string of the molecule is O=S(=O)(c1ccccc1Br)N(CC1CCCCC1)C1CC1. The van der Waals surface area contributed by atoms with E-state index in [1.165, 1.54) is 32.1 Å². The first kappa shape index (κ1) is 15.5. The van der Waals surface area contributed by atoms with Crippen LogP contribution in [0.3, 0.4) is 0 Å². The predicted molar refractivity (Wildman–Crippen MR) is 87.6 cm³/mol. The molecule has 2 saturated carbocycles. The summed E-state index contributed by atoms with van der Waals surface area (Å²) in [5.74, 6) is 0.539. The number of halogens is 1. The van der Waals surface area contributed by atoms with Gasteiger partial charge >= 0.3 is 0 Å². The minimum atomic E-state index is -3.38. The number of rotatable bonds is 5. The van der Waals surface area contributed by atoms with Gasteiger partial charge in [0.05, 0.1) is 4.90 Å². The van der Waals surface area contributed by atoms with Crippen LogP contribution in [-0.4, -0.2) is 25.3 Å². The lowest BCUT2D eigenvalue weighted by atomic mass is 9.89. The Balaban J connectivity index is 1.84. The molecule has 5 heteroatoms. The molecule has 1 aromatic carbocycles. The fourth-order valence-electron chi connectivity index (χ4n) is 3.21. The van der Waals surface area contributed by atoms with Crippen molar-refractivity contribution < 1.29 is 8.42 Å². The largest absolute Gasteiger partial charge is 0.244 e. The van der Waals surface area contributed by atoms with E-state index in [0.29, 0.717) is 21.8 Å². The van der Waals surface area contributed by atoms with E-state index in [-0.39, 0.29) is 6.04 Å². The molecule has 0 unspecified atom stereocenters. The fraction of sp³-hybridized carbons (Fsp3) is 0.625. The van der Waals surface area contributed by atoms with E-state index in [0.717, 1.165) is 12.8 Å². The first-order chi connectivity index (χ1) is 10.1. The van der Waals surface area contributed by atoms with Crippen molar-refractivity contribution in [2.45, 2.75) is 55.9 Å². The van der Waals surface area contributed by atoms with Crippen LogP contribution in [0.15, 0.2) is 33.6 Å². The molecule has 0 spiro atoms. The third-order valence-electron chi connectivity index (χ3n) is 4.54. The van der Waals surface area contributed by atoms with Crippen molar-refractivity contribution >= 4 is 26.0 Å². The van der Waals surface area contributed by atoms with Crippen LogP contribution in [0.4, 0.5) is 0 Å². The molecule has 3 nitrogen and oxygen atoms in total. The van der Waals surface area contributed by atoms with Crippen LogP contribution >= 0.6 is 15.9 Å². The summed E-state index contributed by atoms with van der Waals surface area (Å²) < 4.78 is 28.5. The van der Waals surface area contributed by atoms with E-state index in [2.05, 4.69) is 15.9 Å². The van der Waals surface area contributed by atoms with Crippen molar-refractivity contribution in [1.29, 1.82) is 0 Å². The Hall–Kier alpha value is -0.390. The van der Waals surface area contributed by atoms with Crippen LogP contribution < -0.4 is 0 Å². The van der Waals surface area contributed by atoms with E-state index in [1.54, 1.807) is 22.5 Å². The molecule has 116 valence electrons. The lowest BCUT2D eigenvalue weighted by molar-refractivity contribution is 0.274. The van der Waals surface area contributed by atoms with Crippen molar-refractivity contribution in [3.05, 3.63) is 28.7 Å². The van der Waals surface area contributed by atoms with Gasteiger partial charge in [0.2, 0.25) is 10.0 Å². The Labute approximate surface area is 135 Å². The number of nitrogens with zero attached hydrogens (tertiary/aromatic N) is 1. The van der Waals surface area contributed by atoms with E-state index in [1.807, 2.05) is 6.07 Å². The standard InChI is InChI=1S/C16H22BrNO2S/c17-15-8-4-5-9-16(15)21(19,20)18(14-10-11-14)12-13-6-2-1-3-7-13/h4-5,8-9,13-14H,1-3,6-7,10-12H2. The molecule has 2 aliphatic carbocycles. The molecule has 0 atom stereocenters. The predicted octanol–water partition coefficient (Wildman–Crippen LogP) is 4.18. The molecule has 2 fully saturated rings. The maximum absolute atomic E-state index is 13.0. The van der Waals surface area contributed by atoms with E-state index in [9.17, 15) is 8.42 Å². The van der Waals surface area contributed by atoms with Gasteiger partial charge < -0.3 is 0 Å². The second kappa shape index (κ2) is 6.39. The highest BCUT2D eigenvalue weighted by molar-refractivity contribution is 9.10. The molecule has 0 amide bonds. The average Bonchev–Trinajstić information content (AvgIpc) is 3.30. The van der Waals surface area contributed by atoms with Gasteiger partial charge in [0.1, 0.15) is 0 Å². The molecule has 2 aliphatic rings. The second-order valence-electron chi connectivity index (χ2n) is 6.24. The molecule has 21 heavy (non-hydrogen) atoms. The Morgan fingerprint density at radius 1 is 1.05 bits per heavy atom. The summed E-state index contributed by atoms with van der Waals surface area (Å²) in [6.45, 7) is 0.703. The van der Waals surface area contributed by atoms with Gasteiger partial charge in [-0.1, -0.05) is 31.4 Å². The smallest absolute Gasteiger partial charge is 0.207 e. The monoisotopic (exact) mass is 371 g/mol. The Bertz CT molecular complexity index is 592. The minimum absolute atomic E-state index is 0.226. The topological polar surface area (TPSA) is 37.4 Å². The molecule has 0 heterocycles. The van der Waals surface area contributed by atoms with Gasteiger partial charge in [-0.25, -0.2) is 8.42 Å². The van der Waals surface area contributed by atoms with Crippen molar-refractivity contribution in [1.82, 2.24) is 4.31 Å². The number of hydrogen-bond donors (Lipinski definition) is 0.